The summed E-state index contributed by atoms with van der Waals surface area (Å²) in [6.45, 7) is 1.72. The number of anilines is 1. The third kappa shape index (κ3) is 3.67. The van der Waals surface area contributed by atoms with Gasteiger partial charge in [-0.1, -0.05) is 0 Å². The van der Waals surface area contributed by atoms with Crippen molar-refractivity contribution in [2.75, 3.05) is 5.32 Å². The van der Waals surface area contributed by atoms with Crippen LogP contribution in [-0.4, -0.2) is 22.0 Å². The molecule has 0 bridgehead atoms. The van der Waals surface area contributed by atoms with Gasteiger partial charge in [-0.15, -0.1) is 0 Å². The van der Waals surface area contributed by atoms with Gasteiger partial charge >= 0.3 is 5.97 Å². The van der Waals surface area contributed by atoms with Crippen LogP contribution in [0.3, 0.4) is 0 Å². The maximum absolute atomic E-state index is 11.1. The van der Waals surface area contributed by atoms with Crippen LogP contribution < -0.4 is 5.32 Å². The number of halogens is 1. The molecular weight excluding hydrogens is 264 g/mol. The van der Waals surface area contributed by atoms with Crippen molar-refractivity contribution in [2.24, 2.45) is 0 Å². The quantitative estimate of drug-likeness (QED) is 0.647. The molecule has 0 aliphatic carbocycles. The molecule has 5 nitrogen and oxygen atoms in total. The number of nitrogens with one attached hydrogen (secondary N) is 1. The third-order valence-corrected chi connectivity index (χ3v) is 2.08. The molecule has 80 valence electrons. The molecule has 0 aliphatic heterocycles. The highest BCUT2D eigenvalue weighted by atomic mass is 79.9. The van der Waals surface area contributed by atoms with Crippen LogP contribution in [0.25, 0.3) is 0 Å². The van der Waals surface area contributed by atoms with Gasteiger partial charge in [-0.2, -0.15) is 0 Å². The standard InChI is InChI=1S/C9H9BrN2O3/c1-5-6(2-3-7(10)11-5)12-8(13)4-9(14)15/h2-3H,4H2,1H3,(H,12,13)(H,14,15). The van der Waals surface area contributed by atoms with E-state index < -0.39 is 18.3 Å². The smallest absolute Gasteiger partial charge is 0.312 e. The van der Waals surface area contributed by atoms with E-state index in [4.69, 9.17) is 5.11 Å². The number of pyridine rings is 1. The molecule has 0 aromatic carbocycles. The van der Waals surface area contributed by atoms with Crippen LogP contribution in [-0.2, 0) is 9.59 Å². The normalized spacial score (nSPS) is 9.73. The molecule has 15 heavy (non-hydrogen) atoms. The number of aryl methyl sites for hydroxylation is 1. The summed E-state index contributed by atoms with van der Waals surface area (Å²) in [6.07, 6.45) is -0.546. The molecule has 0 saturated heterocycles. The Kier molecular flexibility index (Phi) is 3.79. The lowest BCUT2D eigenvalue weighted by Gasteiger charge is -2.06. The van der Waals surface area contributed by atoms with Crippen LogP contribution >= 0.6 is 15.9 Å². The van der Waals surface area contributed by atoms with Gasteiger partial charge in [-0.25, -0.2) is 4.98 Å². The molecule has 2 N–H and O–H groups in total. The van der Waals surface area contributed by atoms with Crippen molar-refractivity contribution in [3.05, 3.63) is 22.4 Å². The Morgan fingerprint density at radius 2 is 2.20 bits per heavy atom. The van der Waals surface area contributed by atoms with Gasteiger partial charge in [-0.05, 0) is 35.0 Å². The Bertz CT molecular complexity index is 406. The van der Waals surface area contributed by atoms with Gasteiger partial charge in [0.2, 0.25) is 5.91 Å². The highest BCUT2D eigenvalue weighted by molar-refractivity contribution is 9.10. The van der Waals surface area contributed by atoms with Crippen molar-refractivity contribution in [2.45, 2.75) is 13.3 Å². The van der Waals surface area contributed by atoms with Gasteiger partial charge in [0.05, 0.1) is 11.4 Å². The Hall–Kier alpha value is -1.43. The first kappa shape index (κ1) is 11.6. The van der Waals surface area contributed by atoms with Crippen molar-refractivity contribution in [1.29, 1.82) is 0 Å². The predicted molar refractivity (Wildman–Crippen MR) is 57.6 cm³/mol. The van der Waals surface area contributed by atoms with Gasteiger partial charge in [0.15, 0.2) is 0 Å². The molecule has 1 rings (SSSR count). The van der Waals surface area contributed by atoms with E-state index in [0.717, 1.165) is 0 Å². The Morgan fingerprint density at radius 3 is 2.73 bits per heavy atom. The zero-order chi connectivity index (χ0) is 11.4. The minimum atomic E-state index is -1.16. The number of carboxylic acids is 1. The number of amides is 1. The zero-order valence-electron chi connectivity index (χ0n) is 7.95. The van der Waals surface area contributed by atoms with E-state index in [1.165, 1.54) is 0 Å². The van der Waals surface area contributed by atoms with Crippen LogP contribution in [0.15, 0.2) is 16.7 Å². The monoisotopic (exact) mass is 272 g/mol. The summed E-state index contributed by atoms with van der Waals surface area (Å²) in [5, 5.41) is 10.9. The summed E-state index contributed by atoms with van der Waals surface area (Å²) in [7, 11) is 0. The van der Waals surface area contributed by atoms with Gasteiger partial charge < -0.3 is 10.4 Å². The Labute approximate surface area is 94.6 Å². The second kappa shape index (κ2) is 4.88. The lowest BCUT2D eigenvalue weighted by atomic mass is 10.3. The van der Waals surface area contributed by atoms with Crippen LogP contribution in [0.2, 0.25) is 0 Å². The Morgan fingerprint density at radius 1 is 1.53 bits per heavy atom. The minimum absolute atomic E-state index is 0.518. The molecule has 1 aromatic heterocycles. The molecule has 0 aliphatic rings. The summed E-state index contributed by atoms with van der Waals surface area (Å²) in [4.78, 5) is 25.4. The van der Waals surface area contributed by atoms with E-state index in [0.29, 0.717) is 16.0 Å². The molecule has 1 aromatic rings. The first-order valence-electron chi connectivity index (χ1n) is 4.14. The summed E-state index contributed by atoms with van der Waals surface area (Å²) in [6, 6.07) is 3.33. The van der Waals surface area contributed by atoms with E-state index in [9.17, 15) is 9.59 Å². The summed E-state index contributed by atoms with van der Waals surface area (Å²) >= 11 is 3.18. The first-order valence-corrected chi connectivity index (χ1v) is 4.93. The van der Waals surface area contributed by atoms with Crippen LogP contribution in [0, 0.1) is 6.92 Å². The van der Waals surface area contributed by atoms with Crippen molar-refractivity contribution in [3.63, 3.8) is 0 Å². The number of carbonyl (C=O) groups excluding carboxylic acids is 1. The van der Waals surface area contributed by atoms with Gasteiger partial charge in [0.25, 0.3) is 0 Å². The largest absolute Gasteiger partial charge is 0.481 e. The number of nitrogens with zero attached hydrogens (tertiary/aromatic N) is 1. The number of aromatic nitrogens is 1. The zero-order valence-corrected chi connectivity index (χ0v) is 9.54. The average Bonchev–Trinajstić information content (AvgIpc) is 2.08. The lowest BCUT2D eigenvalue weighted by Crippen LogP contribution is -2.16. The number of rotatable bonds is 3. The molecule has 0 unspecified atom stereocenters. The maximum Gasteiger partial charge on any atom is 0.312 e. The van der Waals surface area contributed by atoms with Gasteiger partial charge in [-0.3, -0.25) is 9.59 Å². The summed E-state index contributed by atoms with van der Waals surface area (Å²) in [5.41, 5.74) is 1.15. The van der Waals surface area contributed by atoms with Crippen molar-refractivity contribution >= 4 is 33.5 Å². The van der Waals surface area contributed by atoms with Gasteiger partial charge in [0, 0.05) is 0 Å². The fourth-order valence-corrected chi connectivity index (χ4v) is 1.39. The molecule has 1 amide bonds. The molecule has 6 heteroatoms. The highest BCUT2D eigenvalue weighted by Crippen LogP contribution is 2.16. The number of hydrogen-bond acceptors (Lipinski definition) is 3. The molecule has 1 heterocycles. The average molecular weight is 273 g/mol. The second-order valence-electron chi connectivity index (χ2n) is 2.89. The van der Waals surface area contributed by atoms with Crippen LogP contribution in [0.1, 0.15) is 12.1 Å². The molecule has 0 spiro atoms. The maximum atomic E-state index is 11.1. The van der Waals surface area contributed by atoms with E-state index >= 15 is 0 Å². The van der Waals surface area contributed by atoms with Crippen molar-refractivity contribution in [3.8, 4) is 0 Å². The fraction of sp³-hybridized carbons (Fsp3) is 0.222. The van der Waals surface area contributed by atoms with E-state index in [1.54, 1.807) is 19.1 Å². The molecular formula is C9H9BrN2O3. The number of hydrogen-bond donors (Lipinski definition) is 2. The predicted octanol–water partition coefficient (Wildman–Crippen LogP) is 1.57. The van der Waals surface area contributed by atoms with Crippen molar-refractivity contribution < 1.29 is 14.7 Å². The fourth-order valence-electron chi connectivity index (χ4n) is 0.994. The minimum Gasteiger partial charge on any atom is -0.481 e. The first-order chi connectivity index (χ1) is 6.99. The number of carbonyl (C=O) groups is 2. The third-order valence-electron chi connectivity index (χ3n) is 1.64. The Balaban J connectivity index is 2.72. The molecule has 0 radical (unpaired) electrons. The second-order valence-corrected chi connectivity index (χ2v) is 3.70. The molecule has 0 fully saturated rings. The molecule has 0 atom stereocenters. The number of carboxylic acid groups (broad SMARTS) is 1. The number of aliphatic carboxylic acids is 1. The van der Waals surface area contributed by atoms with Crippen molar-refractivity contribution in [1.82, 2.24) is 4.98 Å². The van der Waals surface area contributed by atoms with E-state index in [-0.39, 0.29) is 0 Å². The lowest BCUT2D eigenvalue weighted by molar-refractivity contribution is -0.139. The SMILES string of the molecule is Cc1nc(Br)ccc1NC(=O)CC(=O)O. The van der Waals surface area contributed by atoms with Crippen LogP contribution in [0.4, 0.5) is 5.69 Å². The van der Waals surface area contributed by atoms with Crippen LogP contribution in [0.5, 0.6) is 0 Å². The van der Waals surface area contributed by atoms with Gasteiger partial charge in [0.1, 0.15) is 11.0 Å². The topological polar surface area (TPSA) is 79.3 Å². The highest BCUT2D eigenvalue weighted by Gasteiger charge is 2.09. The summed E-state index contributed by atoms with van der Waals surface area (Å²) < 4.78 is 0.663. The van der Waals surface area contributed by atoms with E-state index in [1.807, 2.05) is 0 Å². The van der Waals surface area contributed by atoms with E-state index in [2.05, 4.69) is 26.2 Å². The molecule has 0 saturated carbocycles. The summed E-state index contributed by atoms with van der Waals surface area (Å²) in [5.74, 6) is -1.72.